The third kappa shape index (κ3) is 2.74. The number of aromatic nitrogens is 1. The Morgan fingerprint density at radius 3 is 2.71 bits per heavy atom. The highest BCUT2D eigenvalue weighted by atomic mass is 35.5. The third-order valence-electron chi connectivity index (χ3n) is 1.66. The molecule has 2 aromatic rings. The van der Waals surface area contributed by atoms with Crippen molar-refractivity contribution in [3.63, 3.8) is 0 Å². The highest BCUT2D eigenvalue weighted by molar-refractivity contribution is 7.98. The molecule has 1 aromatic carbocycles. The summed E-state index contributed by atoms with van der Waals surface area (Å²) in [4.78, 5) is 5.45. The van der Waals surface area contributed by atoms with Crippen LogP contribution in [0.3, 0.4) is 0 Å². The van der Waals surface area contributed by atoms with Crippen LogP contribution < -0.4 is 0 Å². The molecule has 72 valence electrons. The molecule has 0 aliphatic carbocycles. The van der Waals surface area contributed by atoms with Crippen molar-refractivity contribution >= 4 is 34.7 Å². The second-order valence-corrected chi connectivity index (χ2v) is 5.13. The van der Waals surface area contributed by atoms with Gasteiger partial charge in [-0.15, -0.1) is 23.1 Å². The van der Waals surface area contributed by atoms with Gasteiger partial charge in [0.2, 0.25) is 0 Å². The molecule has 0 unspecified atom stereocenters. The summed E-state index contributed by atoms with van der Waals surface area (Å²) in [6.07, 6.45) is 1.84. The van der Waals surface area contributed by atoms with Crippen LogP contribution in [0.1, 0.15) is 5.01 Å². The zero-order valence-corrected chi connectivity index (χ0v) is 9.70. The number of hydrogen-bond acceptors (Lipinski definition) is 3. The molecule has 1 aromatic heterocycles. The second kappa shape index (κ2) is 4.82. The van der Waals surface area contributed by atoms with Crippen LogP contribution in [-0.4, -0.2) is 4.98 Å². The van der Waals surface area contributed by atoms with Gasteiger partial charge in [-0.05, 0) is 24.3 Å². The van der Waals surface area contributed by atoms with E-state index in [1.807, 2.05) is 35.8 Å². The molecule has 2 rings (SSSR count). The Kier molecular flexibility index (Phi) is 3.45. The van der Waals surface area contributed by atoms with Gasteiger partial charge in [-0.1, -0.05) is 11.6 Å². The number of rotatable bonds is 3. The smallest absolute Gasteiger partial charge is 0.103 e. The van der Waals surface area contributed by atoms with E-state index in [0.717, 1.165) is 15.8 Å². The van der Waals surface area contributed by atoms with Crippen molar-refractivity contribution in [2.45, 2.75) is 10.6 Å². The molecule has 0 radical (unpaired) electrons. The fraction of sp³-hybridized carbons (Fsp3) is 0.100. The first-order chi connectivity index (χ1) is 6.84. The summed E-state index contributed by atoms with van der Waals surface area (Å²) < 4.78 is 0. The molecule has 0 saturated carbocycles. The molecule has 1 heterocycles. The fourth-order valence-electron chi connectivity index (χ4n) is 1.00. The van der Waals surface area contributed by atoms with Gasteiger partial charge in [0, 0.05) is 21.5 Å². The van der Waals surface area contributed by atoms with E-state index in [0.29, 0.717) is 0 Å². The number of benzene rings is 1. The third-order valence-corrected chi connectivity index (χ3v) is 3.90. The molecule has 0 atom stereocenters. The van der Waals surface area contributed by atoms with Crippen molar-refractivity contribution in [2.75, 3.05) is 0 Å². The molecule has 0 spiro atoms. The monoisotopic (exact) mass is 241 g/mol. The van der Waals surface area contributed by atoms with Crippen LogP contribution >= 0.6 is 34.7 Å². The molecule has 0 amide bonds. The van der Waals surface area contributed by atoms with E-state index < -0.39 is 0 Å². The van der Waals surface area contributed by atoms with Crippen LogP contribution in [0.5, 0.6) is 0 Å². The Labute approximate surface area is 96.1 Å². The van der Waals surface area contributed by atoms with Crippen LogP contribution in [0.15, 0.2) is 40.7 Å². The molecule has 14 heavy (non-hydrogen) atoms. The standard InChI is InChI=1S/C10H8ClNS2/c11-8-1-3-9(4-2-8)14-7-10-12-5-6-13-10/h1-6H,7H2. The van der Waals surface area contributed by atoms with Gasteiger partial charge in [0.05, 0.1) is 5.75 Å². The molecule has 0 saturated heterocycles. The first kappa shape index (κ1) is 10.0. The molecule has 0 aliphatic rings. The van der Waals surface area contributed by atoms with E-state index in [-0.39, 0.29) is 0 Å². The molecule has 0 fully saturated rings. The van der Waals surface area contributed by atoms with Crippen LogP contribution in [-0.2, 0) is 5.75 Å². The Bertz CT molecular complexity index is 383. The van der Waals surface area contributed by atoms with E-state index >= 15 is 0 Å². The van der Waals surface area contributed by atoms with Crippen molar-refractivity contribution in [3.8, 4) is 0 Å². The zero-order valence-electron chi connectivity index (χ0n) is 7.31. The van der Waals surface area contributed by atoms with Gasteiger partial charge in [0.1, 0.15) is 5.01 Å². The molecular weight excluding hydrogens is 234 g/mol. The number of thiazole rings is 1. The predicted molar refractivity (Wildman–Crippen MR) is 63.1 cm³/mol. The summed E-state index contributed by atoms with van der Waals surface area (Å²) >= 11 is 9.26. The first-order valence-corrected chi connectivity index (χ1v) is 6.35. The molecule has 4 heteroatoms. The highest BCUT2D eigenvalue weighted by Crippen LogP contribution is 2.24. The van der Waals surface area contributed by atoms with Gasteiger partial charge < -0.3 is 0 Å². The number of halogens is 1. The van der Waals surface area contributed by atoms with Gasteiger partial charge in [0.25, 0.3) is 0 Å². The molecule has 0 aliphatic heterocycles. The van der Waals surface area contributed by atoms with Crippen LogP contribution in [0.25, 0.3) is 0 Å². The quantitative estimate of drug-likeness (QED) is 0.751. The normalized spacial score (nSPS) is 10.4. The first-order valence-electron chi connectivity index (χ1n) is 4.11. The van der Waals surface area contributed by atoms with E-state index in [4.69, 9.17) is 11.6 Å². The lowest BCUT2D eigenvalue weighted by Crippen LogP contribution is -1.77. The minimum absolute atomic E-state index is 0.781. The number of nitrogens with zero attached hydrogens (tertiary/aromatic N) is 1. The summed E-state index contributed by atoms with van der Waals surface area (Å²) in [7, 11) is 0. The maximum absolute atomic E-state index is 5.79. The van der Waals surface area contributed by atoms with Crippen molar-refractivity contribution in [1.82, 2.24) is 4.98 Å². The van der Waals surface area contributed by atoms with Crippen molar-refractivity contribution in [2.24, 2.45) is 0 Å². The Morgan fingerprint density at radius 2 is 2.07 bits per heavy atom. The zero-order chi connectivity index (χ0) is 9.80. The Morgan fingerprint density at radius 1 is 1.29 bits per heavy atom. The van der Waals surface area contributed by atoms with Gasteiger partial charge in [-0.3, -0.25) is 0 Å². The Balaban J connectivity index is 1.95. The predicted octanol–water partition coefficient (Wildman–Crippen LogP) is 4.09. The minimum Gasteiger partial charge on any atom is -0.249 e. The van der Waals surface area contributed by atoms with Gasteiger partial charge in [-0.2, -0.15) is 0 Å². The average Bonchev–Trinajstić information content (AvgIpc) is 2.70. The number of hydrogen-bond donors (Lipinski definition) is 0. The van der Waals surface area contributed by atoms with Gasteiger partial charge in [0.15, 0.2) is 0 Å². The van der Waals surface area contributed by atoms with Crippen molar-refractivity contribution < 1.29 is 0 Å². The number of thioether (sulfide) groups is 1. The molecular formula is C10H8ClNS2. The van der Waals surface area contributed by atoms with Crippen molar-refractivity contribution in [1.29, 1.82) is 0 Å². The lowest BCUT2D eigenvalue weighted by molar-refractivity contribution is 1.26. The second-order valence-electron chi connectivity index (χ2n) is 2.67. The molecule has 0 N–H and O–H groups in total. The van der Waals surface area contributed by atoms with Gasteiger partial charge in [-0.25, -0.2) is 4.98 Å². The minimum atomic E-state index is 0.781. The van der Waals surface area contributed by atoms with E-state index in [1.54, 1.807) is 23.1 Å². The van der Waals surface area contributed by atoms with Crippen LogP contribution in [0.4, 0.5) is 0 Å². The maximum Gasteiger partial charge on any atom is 0.103 e. The lowest BCUT2D eigenvalue weighted by atomic mass is 10.4. The van der Waals surface area contributed by atoms with E-state index in [9.17, 15) is 0 Å². The van der Waals surface area contributed by atoms with E-state index in [2.05, 4.69) is 4.98 Å². The largest absolute Gasteiger partial charge is 0.249 e. The highest BCUT2D eigenvalue weighted by Gasteiger charge is 1.97. The lowest BCUT2D eigenvalue weighted by Gasteiger charge is -1.98. The van der Waals surface area contributed by atoms with Crippen LogP contribution in [0, 0.1) is 0 Å². The maximum atomic E-state index is 5.79. The summed E-state index contributed by atoms with van der Waals surface area (Å²) in [6, 6.07) is 7.87. The van der Waals surface area contributed by atoms with Gasteiger partial charge >= 0.3 is 0 Å². The topological polar surface area (TPSA) is 12.9 Å². The molecule has 0 bridgehead atoms. The summed E-state index contributed by atoms with van der Waals surface area (Å²) in [5.74, 6) is 0.930. The summed E-state index contributed by atoms with van der Waals surface area (Å²) in [6.45, 7) is 0. The average molecular weight is 242 g/mol. The molecule has 1 nitrogen and oxygen atoms in total. The SMILES string of the molecule is Clc1ccc(SCc2nccs2)cc1. The summed E-state index contributed by atoms with van der Waals surface area (Å²) in [5.41, 5.74) is 0. The Hall–Kier alpha value is -0.510. The van der Waals surface area contributed by atoms with Crippen LogP contribution in [0.2, 0.25) is 5.02 Å². The van der Waals surface area contributed by atoms with Crippen molar-refractivity contribution in [3.05, 3.63) is 45.9 Å². The summed E-state index contributed by atoms with van der Waals surface area (Å²) in [5, 5.41) is 3.94. The fourth-order valence-corrected chi connectivity index (χ4v) is 2.67. The van der Waals surface area contributed by atoms with E-state index in [1.165, 1.54) is 4.90 Å².